The van der Waals surface area contributed by atoms with E-state index < -0.39 is 4.92 Å². The summed E-state index contributed by atoms with van der Waals surface area (Å²) in [4.78, 5) is 22.5. The summed E-state index contributed by atoms with van der Waals surface area (Å²) < 4.78 is 12.9. The minimum Gasteiger partial charge on any atom is -0.490 e. The number of hydrogen-bond acceptors (Lipinski definition) is 6. The van der Waals surface area contributed by atoms with Crippen LogP contribution < -0.4 is 14.8 Å². The first-order valence-corrected chi connectivity index (χ1v) is 9.47. The minimum absolute atomic E-state index is 0.0684. The highest BCUT2D eigenvalue weighted by Gasteiger charge is 2.11. The third-order valence-corrected chi connectivity index (χ3v) is 4.18. The highest BCUT2D eigenvalue weighted by molar-refractivity contribution is 6.04. The lowest BCUT2D eigenvalue weighted by Gasteiger charge is -2.12. The molecule has 0 unspecified atom stereocenters. The van der Waals surface area contributed by atoms with Crippen LogP contribution in [0.3, 0.4) is 0 Å². The fourth-order valence-corrected chi connectivity index (χ4v) is 2.83. The molecule has 9 nitrogen and oxygen atoms in total. The first kappa shape index (κ1) is 20.8. The molecular weight excluding hydrogens is 388 g/mol. The van der Waals surface area contributed by atoms with Gasteiger partial charge in [0.05, 0.1) is 36.6 Å². The van der Waals surface area contributed by atoms with Gasteiger partial charge in [-0.05, 0) is 43.7 Å². The molecule has 0 aliphatic carbocycles. The van der Waals surface area contributed by atoms with E-state index in [-0.39, 0.29) is 11.6 Å². The Morgan fingerprint density at radius 1 is 1.10 bits per heavy atom. The van der Waals surface area contributed by atoms with Crippen LogP contribution in [0.15, 0.2) is 54.9 Å². The molecule has 3 aromatic rings. The normalized spacial score (nSPS) is 10.5. The highest BCUT2D eigenvalue weighted by atomic mass is 16.6. The predicted molar refractivity (Wildman–Crippen MR) is 111 cm³/mol. The van der Waals surface area contributed by atoms with E-state index in [0.717, 1.165) is 5.56 Å². The molecular formula is C21H22N4O5. The maximum atomic E-state index is 12.3. The number of rotatable bonds is 9. The second kappa shape index (κ2) is 9.55. The van der Waals surface area contributed by atoms with Gasteiger partial charge in [0.25, 0.3) is 11.6 Å². The standard InChI is InChI=1S/C21H22N4O5/c1-3-29-19-10-5-15(11-20(19)30-4-2)13-24-14-17(12-22-24)23-21(26)16-6-8-18(9-7-16)25(27)28/h5-12,14H,3-4,13H2,1-2H3,(H,23,26). The van der Waals surface area contributed by atoms with Crippen molar-refractivity contribution in [2.75, 3.05) is 18.5 Å². The summed E-state index contributed by atoms with van der Waals surface area (Å²) in [5, 5.41) is 17.7. The Morgan fingerprint density at radius 2 is 1.80 bits per heavy atom. The van der Waals surface area contributed by atoms with Gasteiger partial charge in [-0.1, -0.05) is 6.07 Å². The lowest BCUT2D eigenvalue weighted by molar-refractivity contribution is -0.384. The molecule has 0 aliphatic heterocycles. The Labute approximate surface area is 173 Å². The zero-order chi connectivity index (χ0) is 21.5. The van der Waals surface area contributed by atoms with Crippen molar-refractivity contribution in [3.05, 3.63) is 76.1 Å². The van der Waals surface area contributed by atoms with E-state index in [1.165, 1.54) is 24.3 Å². The molecule has 0 saturated heterocycles. The lowest BCUT2D eigenvalue weighted by Crippen LogP contribution is -2.11. The van der Waals surface area contributed by atoms with Crippen molar-refractivity contribution in [2.45, 2.75) is 20.4 Å². The molecule has 30 heavy (non-hydrogen) atoms. The number of anilines is 1. The zero-order valence-electron chi connectivity index (χ0n) is 16.7. The van der Waals surface area contributed by atoms with Crippen molar-refractivity contribution in [3.63, 3.8) is 0 Å². The molecule has 0 radical (unpaired) electrons. The van der Waals surface area contributed by atoms with Gasteiger partial charge in [-0.2, -0.15) is 5.10 Å². The number of nitro groups is 1. The van der Waals surface area contributed by atoms with Crippen LogP contribution in [0.5, 0.6) is 11.5 Å². The van der Waals surface area contributed by atoms with Gasteiger partial charge < -0.3 is 14.8 Å². The minimum atomic E-state index is -0.510. The van der Waals surface area contributed by atoms with Gasteiger partial charge in [0, 0.05) is 23.9 Å². The topological polar surface area (TPSA) is 109 Å². The maximum Gasteiger partial charge on any atom is 0.269 e. The molecule has 0 saturated carbocycles. The third-order valence-electron chi connectivity index (χ3n) is 4.18. The van der Waals surface area contributed by atoms with Crippen molar-refractivity contribution in [2.24, 2.45) is 0 Å². The SMILES string of the molecule is CCOc1ccc(Cn2cc(NC(=O)c3ccc([N+](=O)[O-])cc3)cn2)cc1OCC. The lowest BCUT2D eigenvalue weighted by atomic mass is 10.2. The van der Waals surface area contributed by atoms with Crippen LogP contribution in [0.1, 0.15) is 29.8 Å². The van der Waals surface area contributed by atoms with Crippen molar-refractivity contribution in [3.8, 4) is 11.5 Å². The molecule has 0 fully saturated rings. The summed E-state index contributed by atoms with van der Waals surface area (Å²) in [5.74, 6) is 1.000. The van der Waals surface area contributed by atoms with Crippen LogP contribution >= 0.6 is 0 Å². The van der Waals surface area contributed by atoms with E-state index in [1.54, 1.807) is 17.1 Å². The third kappa shape index (κ3) is 5.13. The first-order valence-electron chi connectivity index (χ1n) is 9.47. The van der Waals surface area contributed by atoms with Crippen molar-refractivity contribution in [1.29, 1.82) is 0 Å². The molecule has 0 atom stereocenters. The second-order valence-corrected chi connectivity index (χ2v) is 6.33. The summed E-state index contributed by atoms with van der Waals surface area (Å²) in [6, 6.07) is 11.1. The Balaban J connectivity index is 1.66. The van der Waals surface area contributed by atoms with E-state index >= 15 is 0 Å². The summed E-state index contributed by atoms with van der Waals surface area (Å²) >= 11 is 0. The quantitative estimate of drug-likeness (QED) is 0.423. The number of nitro benzene ring substituents is 1. The van der Waals surface area contributed by atoms with Gasteiger partial charge in [-0.15, -0.1) is 0 Å². The molecule has 2 aromatic carbocycles. The number of hydrogen-bond donors (Lipinski definition) is 1. The van der Waals surface area contributed by atoms with Crippen molar-refractivity contribution < 1.29 is 19.2 Å². The summed E-state index contributed by atoms with van der Waals surface area (Å²) in [6.45, 7) is 5.40. The fraction of sp³-hybridized carbons (Fsp3) is 0.238. The van der Waals surface area contributed by atoms with Crippen LogP contribution in [-0.4, -0.2) is 33.8 Å². The van der Waals surface area contributed by atoms with E-state index in [4.69, 9.17) is 9.47 Å². The summed E-state index contributed by atoms with van der Waals surface area (Å²) in [6.07, 6.45) is 3.25. The van der Waals surface area contributed by atoms with Gasteiger partial charge >= 0.3 is 0 Å². The smallest absolute Gasteiger partial charge is 0.269 e. The number of carbonyl (C=O) groups excluding carboxylic acids is 1. The molecule has 9 heteroatoms. The highest BCUT2D eigenvalue weighted by Crippen LogP contribution is 2.29. The number of ether oxygens (including phenoxy) is 2. The van der Waals surface area contributed by atoms with Gasteiger partial charge in [-0.3, -0.25) is 19.6 Å². The molecule has 0 aliphatic rings. The van der Waals surface area contributed by atoms with E-state index in [1.807, 2.05) is 32.0 Å². The van der Waals surface area contributed by atoms with E-state index in [9.17, 15) is 14.9 Å². The molecule has 0 bridgehead atoms. The summed E-state index contributed by atoms with van der Waals surface area (Å²) in [7, 11) is 0. The van der Waals surface area contributed by atoms with E-state index in [2.05, 4.69) is 10.4 Å². The van der Waals surface area contributed by atoms with Gasteiger partial charge in [0.15, 0.2) is 11.5 Å². The van der Waals surface area contributed by atoms with Crippen molar-refractivity contribution >= 4 is 17.3 Å². The number of nitrogens with zero attached hydrogens (tertiary/aromatic N) is 3. The average Bonchev–Trinajstić information content (AvgIpc) is 3.17. The van der Waals surface area contributed by atoms with Crippen molar-refractivity contribution in [1.82, 2.24) is 9.78 Å². The molecule has 0 spiro atoms. The van der Waals surface area contributed by atoms with Crippen LogP contribution in [0.4, 0.5) is 11.4 Å². The average molecular weight is 410 g/mol. The van der Waals surface area contributed by atoms with Gasteiger partial charge in [0.2, 0.25) is 0 Å². The predicted octanol–water partition coefficient (Wildman–Crippen LogP) is 3.89. The van der Waals surface area contributed by atoms with Gasteiger partial charge in [-0.25, -0.2) is 0 Å². The maximum absolute atomic E-state index is 12.3. The number of benzene rings is 2. The monoisotopic (exact) mass is 410 g/mol. The largest absolute Gasteiger partial charge is 0.490 e. The molecule has 1 N–H and O–H groups in total. The molecule has 1 amide bonds. The Bertz CT molecular complexity index is 1030. The molecule has 1 aromatic heterocycles. The van der Waals surface area contributed by atoms with Crippen LogP contribution in [0, 0.1) is 10.1 Å². The number of amides is 1. The number of carbonyl (C=O) groups is 1. The first-order chi connectivity index (χ1) is 14.5. The van der Waals surface area contributed by atoms with Crippen LogP contribution in [0.2, 0.25) is 0 Å². The van der Waals surface area contributed by atoms with Gasteiger partial charge in [0.1, 0.15) is 0 Å². The number of non-ortho nitro benzene ring substituents is 1. The molecule has 1 heterocycles. The number of aromatic nitrogens is 2. The Morgan fingerprint density at radius 3 is 2.47 bits per heavy atom. The fourth-order valence-electron chi connectivity index (χ4n) is 2.83. The van der Waals surface area contributed by atoms with Crippen LogP contribution in [0.25, 0.3) is 0 Å². The molecule has 156 valence electrons. The van der Waals surface area contributed by atoms with E-state index in [0.29, 0.717) is 42.5 Å². The zero-order valence-corrected chi connectivity index (χ0v) is 16.7. The molecule has 3 rings (SSSR count). The Kier molecular flexibility index (Phi) is 6.63. The second-order valence-electron chi connectivity index (χ2n) is 6.33. The Hall–Kier alpha value is -3.88. The summed E-state index contributed by atoms with van der Waals surface area (Å²) in [5.41, 5.74) is 1.75. The van der Waals surface area contributed by atoms with Crippen LogP contribution in [-0.2, 0) is 6.54 Å². The number of nitrogens with one attached hydrogen (secondary N) is 1.